The monoisotopic (exact) mass is 195 g/mol. The van der Waals surface area contributed by atoms with Crippen molar-refractivity contribution in [2.75, 3.05) is 6.54 Å². The van der Waals surface area contributed by atoms with Crippen LogP contribution in [-0.4, -0.2) is 29.6 Å². The Bertz CT molecular complexity index is 281. The first kappa shape index (κ1) is 10.6. The molecule has 0 amide bonds. The molecule has 1 N–H and O–H groups in total. The average Bonchev–Trinajstić information content (AvgIpc) is 2.19. The minimum Gasteiger partial charge on any atom is -0.481 e. The van der Waals surface area contributed by atoms with Crippen molar-refractivity contribution < 1.29 is 14.7 Å². The molecule has 1 heterocycles. The molecule has 1 aliphatic rings. The number of carboxylic acids is 1. The maximum atomic E-state index is 11.1. The molecule has 4 heteroatoms. The molecule has 0 fully saturated rings. The number of carbonyl (C=O) groups excluding carboxylic acids is 1. The van der Waals surface area contributed by atoms with Crippen molar-refractivity contribution in [1.82, 2.24) is 0 Å². The van der Waals surface area contributed by atoms with E-state index in [2.05, 4.69) is 4.99 Å². The third kappa shape index (κ3) is 3.98. The van der Waals surface area contributed by atoms with E-state index in [1.165, 1.54) is 6.08 Å². The van der Waals surface area contributed by atoms with Crippen LogP contribution in [0.25, 0.3) is 0 Å². The first-order chi connectivity index (χ1) is 6.68. The molecule has 0 saturated carbocycles. The Kier molecular flexibility index (Phi) is 4.04. The van der Waals surface area contributed by atoms with Gasteiger partial charge in [0.1, 0.15) is 0 Å². The van der Waals surface area contributed by atoms with Crippen LogP contribution in [0.5, 0.6) is 0 Å². The summed E-state index contributed by atoms with van der Waals surface area (Å²) in [6, 6.07) is 0. The van der Waals surface area contributed by atoms with E-state index in [4.69, 9.17) is 5.11 Å². The van der Waals surface area contributed by atoms with Gasteiger partial charge in [-0.15, -0.1) is 0 Å². The van der Waals surface area contributed by atoms with Gasteiger partial charge in [0.2, 0.25) is 0 Å². The number of carbonyl (C=O) groups is 2. The number of aliphatic imine (C=N–C) groups is 1. The van der Waals surface area contributed by atoms with Crippen LogP contribution >= 0.6 is 0 Å². The van der Waals surface area contributed by atoms with Gasteiger partial charge in [-0.25, -0.2) is 0 Å². The number of hydrogen-bond donors (Lipinski definition) is 1. The molecule has 76 valence electrons. The minimum absolute atomic E-state index is 0.0471. The summed E-state index contributed by atoms with van der Waals surface area (Å²) >= 11 is 0. The normalized spacial score (nSPS) is 24.9. The second-order valence-electron chi connectivity index (χ2n) is 3.28. The Morgan fingerprint density at radius 2 is 2.43 bits per heavy atom. The number of ketones is 1. The lowest BCUT2D eigenvalue weighted by molar-refractivity contribution is -0.137. The molecule has 14 heavy (non-hydrogen) atoms. The van der Waals surface area contributed by atoms with E-state index in [1.54, 1.807) is 12.3 Å². The summed E-state index contributed by atoms with van der Waals surface area (Å²) in [6.45, 7) is 0.460. The SMILES string of the molecule is O=C(O)CC1C=NC/C=C\C(=O)CC1. The standard InChI is InChI=1S/C10H13NO3/c12-9-2-1-5-11-7-8(3-4-9)6-10(13)14/h1-2,7-8H,3-6H2,(H,13,14)/b2-1-,11-7?. The predicted molar refractivity (Wildman–Crippen MR) is 52.5 cm³/mol. The lowest BCUT2D eigenvalue weighted by atomic mass is 9.99. The van der Waals surface area contributed by atoms with Crippen LogP contribution in [0.3, 0.4) is 0 Å². The Balaban J connectivity index is 2.55. The lowest BCUT2D eigenvalue weighted by Crippen LogP contribution is -2.10. The maximum Gasteiger partial charge on any atom is 0.303 e. The molecule has 1 rings (SSSR count). The zero-order valence-corrected chi connectivity index (χ0v) is 7.85. The molecule has 0 aromatic carbocycles. The predicted octanol–water partition coefficient (Wildman–Crippen LogP) is 1.07. The molecule has 0 bridgehead atoms. The maximum absolute atomic E-state index is 11.1. The highest BCUT2D eigenvalue weighted by atomic mass is 16.4. The summed E-state index contributed by atoms with van der Waals surface area (Å²) < 4.78 is 0. The number of nitrogens with zero attached hydrogens (tertiary/aromatic N) is 1. The second kappa shape index (κ2) is 5.32. The molecular formula is C10H13NO3. The second-order valence-corrected chi connectivity index (χ2v) is 3.28. The fraction of sp³-hybridized carbons (Fsp3) is 0.500. The number of carboxylic acid groups (broad SMARTS) is 1. The molecule has 0 aliphatic carbocycles. The van der Waals surface area contributed by atoms with Gasteiger partial charge in [-0.05, 0) is 12.5 Å². The van der Waals surface area contributed by atoms with Gasteiger partial charge in [0, 0.05) is 18.6 Å². The Morgan fingerprint density at radius 3 is 3.14 bits per heavy atom. The van der Waals surface area contributed by atoms with Gasteiger partial charge in [-0.3, -0.25) is 14.6 Å². The highest BCUT2D eigenvalue weighted by molar-refractivity contribution is 5.90. The summed E-state index contributed by atoms with van der Waals surface area (Å²) in [7, 11) is 0. The van der Waals surface area contributed by atoms with Gasteiger partial charge in [-0.2, -0.15) is 0 Å². The molecule has 0 radical (unpaired) electrons. The Morgan fingerprint density at radius 1 is 1.64 bits per heavy atom. The molecule has 0 aromatic rings. The van der Waals surface area contributed by atoms with E-state index >= 15 is 0 Å². The quantitative estimate of drug-likeness (QED) is 0.716. The van der Waals surface area contributed by atoms with Gasteiger partial charge in [-0.1, -0.05) is 6.08 Å². The molecule has 0 spiro atoms. The summed E-state index contributed by atoms with van der Waals surface area (Å²) in [5.41, 5.74) is 0. The third-order valence-electron chi connectivity index (χ3n) is 2.03. The van der Waals surface area contributed by atoms with Gasteiger partial charge >= 0.3 is 5.97 Å². The smallest absolute Gasteiger partial charge is 0.303 e. The highest BCUT2D eigenvalue weighted by Gasteiger charge is 2.12. The number of hydrogen-bond acceptors (Lipinski definition) is 3. The van der Waals surface area contributed by atoms with Crippen molar-refractivity contribution >= 4 is 18.0 Å². The first-order valence-electron chi connectivity index (χ1n) is 4.59. The summed E-state index contributed by atoms with van der Waals surface area (Å²) in [4.78, 5) is 25.6. The average molecular weight is 195 g/mol. The van der Waals surface area contributed by atoms with E-state index in [-0.39, 0.29) is 18.1 Å². The van der Waals surface area contributed by atoms with Crippen molar-refractivity contribution in [3.05, 3.63) is 12.2 Å². The Labute approximate surface area is 82.3 Å². The van der Waals surface area contributed by atoms with Gasteiger partial charge in [0.25, 0.3) is 0 Å². The highest BCUT2D eigenvalue weighted by Crippen LogP contribution is 2.11. The van der Waals surface area contributed by atoms with E-state index in [9.17, 15) is 9.59 Å². The van der Waals surface area contributed by atoms with Gasteiger partial charge in [0.15, 0.2) is 5.78 Å². The number of aliphatic carboxylic acids is 1. The van der Waals surface area contributed by atoms with Crippen LogP contribution in [-0.2, 0) is 9.59 Å². The van der Waals surface area contributed by atoms with Crippen molar-refractivity contribution in [1.29, 1.82) is 0 Å². The molecule has 4 nitrogen and oxygen atoms in total. The minimum atomic E-state index is -0.846. The summed E-state index contributed by atoms with van der Waals surface area (Å²) in [6.07, 6.45) is 5.88. The van der Waals surface area contributed by atoms with E-state index < -0.39 is 5.97 Å². The number of allylic oxidation sites excluding steroid dienone is 1. The topological polar surface area (TPSA) is 66.7 Å². The fourth-order valence-corrected chi connectivity index (χ4v) is 1.32. The fourth-order valence-electron chi connectivity index (χ4n) is 1.32. The van der Waals surface area contributed by atoms with Crippen molar-refractivity contribution in [2.24, 2.45) is 10.9 Å². The summed E-state index contributed by atoms with van der Waals surface area (Å²) in [5.74, 6) is -0.914. The molecule has 0 saturated heterocycles. The van der Waals surface area contributed by atoms with Crippen LogP contribution in [0.15, 0.2) is 17.1 Å². The lowest BCUT2D eigenvalue weighted by Gasteiger charge is -2.06. The van der Waals surface area contributed by atoms with Crippen molar-refractivity contribution in [2.45, 2.75) is 19.3 Å². The molecule has 0 aromatic heterocycles. The first-order valence-corrected chi connectivity index (χ1v) is 4.59. The van der Waals surface area contributed by atoms with Crippen LogP contribution in [0.4, 0.5) is 0 Å². The van der Waals surface area contributed by atoms with Crippen LogP contribution in [0, 0.1) is 5.92 Å². The van der Waals surface area contributed by atoms with Crippen molar-refractivity contribution in [3.8, 4) is 0 Å². The van der Waals surface area contributed by atoms with Crippen LogP contribution < -0.4 is 0 Å². The third-order valence-corrected chi connectivity index (χ3v) is 2.03. The largest absolute Gasteiger partial charge is 0.481 e. The van der Waals surface area contributed by atoms with E-state index in [0.717, 1.165) is 0 Å². The van der Waals surface area contributed by atoms with Gasteiger partial charge < -0.3 is 5.11 Å². The zero-order chi connectivity index (χ0) is 10.4. The van der Waals surface area contributed by atoms with Crippen LogP contribution in [0.2, 0.25) is 0 Å². The molecule has 1 unspecified atom stereocenters. The molecular weight excluding hydrogens is 182 g/mol. The van der Waals surface area contributed by atoms with Gasteiger partial charge in [0.05, 0.1) is 13.0 Å². The zero-order valence-electron chi connectivity index (χ0n) is 7.85. The number of rotatable bonds is 2. The molecule has 1 aliphatic heterocycles. The molecule has 1 atom stereocenters. The van der Waals surface area contributed by atoms with Crippen LogP contribution in [0.1, 0.15) is 19.3 Å². The van der Waals surface area contributed by atoms with Crippen molar-refractivity contribution in [3.63, 3.8) is 0 Å². The summed E-state index contributed by atoms with van der Waals surface area (Å²) in [5, 5.41) is 8.60. The van der Waals surface area contributed by atoms with E-state index in [1.807, 2.05) is 0 Å². The Hall–Kier alpha value is -1.45. The van der Waals surface area contributed by atoms with E-state index in [0.29, 0.717) is 19.4 Å².